The van der Waals surface area contributed by atoms with Crippen LogP contribution in [0.25, 0.3) is 0 Å². The topological polar surface area (TPSA) is 33.7 Å². The molecule has 0 atom stereocenters. The molecule has 1 fully saturated rings. The van der Waals surface area contributed by atoms with Crippen LogP contribution < -0.4 is 10.1 Å². The maximum Gasteiger partial charge on any atom is 0.119 e. The first-order valence-corrected chi connectivity index (χ1v) is 7.64. The number of rotatable bonds is 9. The van der Waals surface area contributed by atoms with Crippen molar-refractivity contribution in [3.8, 4) is 5.75 Å². The van der Waals surface area contributed by atoms with Crippen molar-refractivity contribution in [2.75, 3.05) is 52.5 Å². The van der Waals surface area contributed by atoms with Gasteiger partial charge >= 0.3 is 0 Å². The lowest BCUT2D eigenvalue weighted by molar-refractivity contribution is 0.0944. The van der Waals surface area contributed by atoms with Crippen LogP contribution in [0.4, 0.5) is 0 Å². The molecule has 0 aromatic heterocycles. The van der Waals surface area contributed by atoms with E-state index >= 15 is 0 Å². The molecule has 0 unspecified atom stereocenters. The third kappa shape index (κ3) is 6.37. The molecule has 2 rings (SSSR count). The Morgan fingerprint density at radius 2 is 1.70 bits per heavy atom. The molecule has 1 aromatic carbocycles. The van der Waals surface area contributed by atoms with Crippen LogP contribution in [0.15, 0.2) is 30.3 Å². The highest BCUT2D eigenvalue weighted by Gasteiger charge is 2.08. The summed E-state index contributed by atoms with van der Waals surface area (Å²) in [7, 11) is 0. The van der Waals surface area contributed by atoms with E-state index in [-0.39, 0.29) is 0 Å². The van der Waals surface area contributed by atoms with E-state index in [0.717, 1.165) is 71.1 Å². The van der Waals surface area contributed by atoms with Gasteiger partial charge in [0.2, 0.25) is 0 Å². The average molecular weight is 278 g/mol. The quantitative estimate of drug-likeness (QED) is 0.698. The van der Waals surface area contributed by atoms with Crippen molar-refractivity contribution >= 4 is 0 Å². The van der Waals surface area contributed by atoms with E-state index in [4.69, 9.17) is 9.47 Å². The van der Waals surface area contributed by atoms with E-state index in [9.17, 15) is 0 Å². The van der Waals surface area contributed by atoms with E-state index < -0.39 is 0 Å². The summed E-state index contributed by atoms with van der Waals surface area (Å²) in [5.41, 5.74) is 0. The SMILES string of the molecule is c1ccc(OCCCCOCCN2CCNCC2)cc1. The Morgan fingerprint density at radius 1 is 0.950 bits per heavy atom. The molecule has 4 nitrogen and oxygen atoms in total. The highest BCUT2D eigenvalue weighted by Crippen LogP contribution is 2.08. The Labute approximate surface area is 122 Å². The molecule has 0 aliphatic carbocycles. The van der Waals surface area contributed by atoms with Crippen LogP contribution >= 0.6 is 0 Å². The Balaban J connectivity index is 1.38. The van der Waals surface area contributed by atoms with Gasteiger partial charge in [0.1, 0.15) is 5.75 Å². The minimum absolute atomic E-state index is 0.769. The molecule has 1 heterocycles. The predicted octanol–water partition coefficient (Wildman–Crippen LogP) is 1.77. The van der Waals surface area contributed by atoms with Gasteiger partial charge in [-0.05, 0) is 25.0 Å². The second-order valence-electron chi connectivity index (χ2n) is 5.07. The summed E-state index contributed by atoms with van der Waals surface area (Å²) < 4.78 is 11.3. The van der Waals surface area contributed by atoms with Gasteiger partial charge in [0.05, 0.1) is 13.2 Å². The zero-order chi connectivity index (χ0) is 13.9. The number of benzene rings is 1. The number of nitrogens with zero attached hydrogens (tertiary/aromatic N) is 1. The standard InChI is InChI=1S/C16H26N2O2/c1-2-6-16(7-3-1)20-14-5-4-13-19-15-12-18-10-8-17-9-11-18/h1-3,6-7,17H,4-5,8-15H2. The van der Waals surface area contributed by atoms with Gasteiger partial charge in [0.25, 0.3) is 0 Å². The Kier molecular flexibility index (Phi) is 7.45. The zero-order valence-electron chi connectivity index (χ0n) is 12.2. The summed E-state index contributed by atoms with van der Waals surface area (Å²) in [6.45, 7) is 8.02. The number of hydrogen-bond donors (Lipinski definition) is 1. The van der Waals surface area contributed by atoms with E-state index in [0.29, 0.717) is 0 Å². The smallest absolute Gasteiger partial charge is 0.119 e. The second-order valence-corrected chi connectivity index (χ2v) is 5.07. The average Bonchev–Trinajstić information content (AvgIpc) is 2.52. The molecular formula is C16H26N2O2. The molecule has 0 spiro atoms. The Hall–Kier alpha value is -1.10. The number of piperazine rings is 1. The van der Waals surface area contributed by atoms with Crippen molar-refractivity contribution < 1.29 is 9.47 Å². The van der Waals surface area contributed by atoms with Crippen molar-refractivity contribution in [1.29, 1.82) is 0 Å². The van der Waals surface area contributed by atoms with Crippen molar-refractivity contribution in [1.82, 2.24) is 10.2 Å². The van der Waals surface area contributed by atoms with Crippen LogP contribution in [0.3, 0.4) is 0 Å². The van der Waals surface area contributed by atoms with E-state index in [1.165, 1.54) is 0 Å². The van der Waals surface area contributed by atoms with Gasteiger partial charge in [-0.15, -0.1) is 0 Å². The molecule has 0 amide bonds. The normalized spacial score (nSPS) is 16.2. The molecule has 1 aromatic rings. The molecule has 1 N–H and O–H groups in total. The van der Waals surface area contributed by atoms with Crippen molar-refractivity contribution in [3.05, 3.63) is 30.3 Å². The molecule has 1 saturated heterocycles. The Bertz CT molecular complexity index is 340. The highest BCUT2D eigenvalue weighted by molar-refractivity contribution is 5.20. The fourth-order valence-corrected chi connectivity index (χ4v) is 2.24. The van der Waals surface area contributed by atoms with Crippen LogP contribution in [0.2, 0.25) is 0 Å². The molecule has 0 radical (unpaired) electrons. The zero-order valence-corrected chi connectivity index (χ0v) is 12.2. The molecule has 112 valence electrons. The van der Waals surface area contributed by atoms with E-state index in [1.54, 1.807) is 0 Å². The summed E-state index contributed by atoms with van der Waals surface area (Å²) >= 11 is 0. The monoisotopic (exact) mass is 278 g/mol. The molecule has 1 aliphatic rings. The van der Waals surface area contributed by atoms with E-state index in [1.807, 2.05) is 30.3 Å². The van der Waals surface area contributed by atoms with Gasteiger partial charge in [-0.3, -0.25) is 4.90 Å². The van der Waals surface area contributed by atoms with Crippen LogP contribution in [0, 0.1) is 0 Å². The summed E-state index contributed by atoms with van der Waals surface area (Å²) in [5, 5.41) is 3.36. The third-order valence-electron chi connectivity index (χ3n) is 3.46. The number of hydrogen-bond acceptors (Lipinski definition) is 4. The number of ether oxygens (including phenoxy) is 2. The number of nitrogens with one attached hydrogen (secondary N) is 1. The van der Waals surface area contributed by atoms with E-state index in [2.05, 4.69) is 10.2 Å². The van der Waals surface area contributed by atoms with Crippen LogP contribution in [-0.2, 0) is 4.74 Å². The lowest BCUT2D eigenvalue weighted by atomic mass is 10.3. The Morgan fingerprint density at radius 3 is 2.50 bits per heavy atom. The molecule has 0 saturated carbocycles. The summed E-state index contributed by atoms with van der Waals surface area (Å²) in [5.74, 6) is 0.951. The minimum Gasteiger partial charge on any atom is -0.494 e. The van der Waals surface area contributed by atoms with Crippen molar-refractivity contribution in [2.24, 2.45) is 0 Å². The summed E-state index contributed by atoms with van der Waals surface area (Å²) in [6.07, 6.45) is 2.11. The van der Waals surface area contributed by atoms with Crippen LogP contribution in [0.5, 0.6) is 5.75 Å². The minimum atomic E-state index is 0.769. The predicted molar refractivity (Wildman–Crippen MR) is 81.3 cm³/mol. The maximum atomic E-state index is 5.67. The van der Waals surface area contributed by atoms with Gasteiger partial charge < -0.3 is 14.8 Å². The molecule has 1 aliphatic heterocycles. The van der Waals surface area contributed by atoms with Gasteiger partial charge in [-0.2, -0.15) is 0 Å². The van der Waals surface area contributed by atoms with Crippen LogP contribution in [-0.4, -0.2) is 57.4 Å². The van der Waals surface area contributed by atoms with Gasteiger partial charge in [0.15, 0.2) is 0 Å². The van der Waals surface area contributed by atoms with Gasteiger partial charge in [-0.25, -0.2) is 0 Å². The van der Waals surface area contributed by atoms with Gasteiger partial charge in [-0.1, -0.05) is 18.2 Å². The first kappa shape index (κ1) is 15.3. The van der Waals surface area contributed by atoms with Gasteiger partial charge in [0, 0.05) is 39.3 Å². The fraction of sp³-hybridized carbons (Fsp3) is 0.625. The third-order valence-corrected chi connectivity index (χ3v) is 3.46. The molecule has 4 heteroatoms. The first-order chi connectivity index (χ1) is 9.95. The summed E-state index contributed by atoms with van der Waals surface area (Å²) in [6, 6.07) is 9.97. The number of unbranched alkanes of at least 4 members (excludes halogenated alkanes) is 1. The van der Waals surface area contributed by atoms with Crippen LogP contribution in [0.1, 0.15) is 12.8 Å². The second kappa shape index (κ2) is 9.75. The fourth-order valence-electron chi connectivity index (χ4n) is 2.24. The highest BCUT2D eigenvalue weighted by atomic mass is 16.5. The molecule has 0 bridgehead atoms. The first-order valence-electron chi connectivity index (χ1n) is 7.64. The van der Waals surface area contributed by atoms with Crippen molar-refractivity contribution in [2.45, 2.75) is 12.8 Å². The summed E-state index contributed by atoms with van der Waals surface area (Å²) in [4.78, 5) is 2.45. The maximum absolute atomic E-state index is 5.67. The largest absolute Gasteiger partial charge is 0.494 e. The lowest BCUT2D eigenvalue weighted by Gasteiger charge is -2.26. The number of para-hydroxylation sites is 1. The lowest BCUT2D eigenvalue weighted by Crippen LogP contribution is -2.44. The van der Waals surface area contributed by atoms with Crippen molar-refractivity contribution in [3.63, 3.8) is 0 Å². The molecular weight excluding hydrogens is 252 g/mol. The molecule has 20 heavy (non-hydrogen) atoms.